The molecule has 0 aliphatic carbocycles. The van der Waals surface area contributed by atoms with Gasteiger partial charge in [-0.2, -0.15) is 10.1 Å². The number of nitrogens with zero attached hydrogens (tertiary/aromatic N) is 4. The van der Waals surface area contributed by atoms with E-state index in [0.717, 1.165) is 5.69 Å². The van der Waals surface area contributed by atoms with Gasteiger partial charge in [-0.1, -0.05) is 17.2 Å². The molecular formula is C18H24ClN7O4S. The van der Waals surface area contributed by atoms with E-state index in [-0.39, 0.29) is 18.8 Å². The second-order valence-electron chi connectivity index (χ2n) is 7.73. The van der Waals surface area contributed by atoms with E-state index in [1.807, 2.05) is 7.05 Å². The summed E-state index contributed by atoms with van der Waals surface area (Å²) in [4.78, 5) is 8.62. The Hall–Kier alpha value is -2.25. The van der Waals surface area contributed by atoms with Crippen LogP contribution >= 0.6 is 11.6 Å². The molecule has 2 saturated heterocycles. The molecule has 13 heteroatoms. The van der Waals surface area contributed by atoms with Gasteiger partial charge in [0.25, 0.3) is 0 Å². The second kappa shape index (κ2) is 8.71. The molecule has 11 nitrogen and oxygen atoms in total. The van der Waals surface area contributed by atoms with Crippen molar-refractivity contribution in [1.29, 1.82) is 0 Å². The zero-order chi connectivity index (χ0) is 22.2. The molecule has 2 aliphatic rings. The van der Waals surface area contributed by atoms with E-state index in [4.69, 9.17) is 21.1 Å². The Bertz CT molecular complexity index is 1090. The molecule has 4 heterocycles. The number of aryl methyl sites for hydroxylation is 1. The van der Waals surface area contributed by atoms with Crippen molar-refractivity contribution in [2.24, 2.45) is 7.05 Å². The monoisotopic (exact) mass is 469 g/mol. The van der Waals surface area contributed by atoms with Gasteiger partial charge in [0, 0.05) is 18.7 Å². The number of ether oxygens (including phenoxy) is 2. The lowest BCUT2D eigenvalue weighted by Crippen LogP contribution is -2.44. The minimum absolute atomic E-state index is 0.217. The first-order valence-corrected chi connectivity index (χ1v) is 11.6. The number of fused-ring (bicyclic) bond motifs is 1. The van der Waals surface area contributed by atoms with Crippen molar-refractivity contribution in [3.8, 4) is 0 Å². The van der Waals surface area contributed by atoms with Gasteiger partial charge in [-0.25, -0.2) is 18.1 Å². The highest BCUT2D eigenvalue weighted by Crippen LogP contribution is 2.31. The lowest BCUT2D eigenvalue weighted by atomic mass is 10.1. The van der Waals surface area contributed by atoms with Crippen LogP contribution in [-0.4, -0.2) is 65.7 Å². The molecule has 4 unspecified atom stereocenters. The summed E-state index contributed by atoms with van der Waals surface area (Å²) in [5, 5.41) is 11.9. The third-order valence-corrected chi connectivity index (χ3v) is 6.48. The van der Waals surface area contributed by atoms with Gasteiger partial charge < -0.3 is 20.1 Å². The van der Waals surface area contributed by atoms with E-state index in [1.54, 1.807) is 30.9 Å². The Labute approximate surface area is 185 Å². The van der Waals surface area contributed by atoms with Gasteiger partial charge in [-0.05, 0) is 13.8 Å². The predicted molar refractivity (Wildman–Crippen MR) is 116 cm³/mol. The van der Waals surface area contributed by atoms with Crippen LogP contribution in [0.3, 0.4) is 0 Å². The molecule has 0 saturated carbocycles. The molecule has 0 aromatic carbocycles. The molecular weight excluding hydrogens is 446 g/mol. The summed E-state index contributed by atoms with van der Waals surface area (Å²) in [6.45, 7) is 3.99. The van der Waals surface area contributed by atoms with Crippen molar-refractivity contribution in [3.63, 3.8) is 0 Å². The standard InChI is InChI=1S/C18H24ClN7O4S/c1-10(2)9-31(27,28)25-14-8-30-15-13(7-29-16(14)15)23-17-12(19)5-20-18(24-17)22-11-4-21-26(3)6-11/h4-6,9,13-16,25H,7-8H2,1-3H3,(H2,20,22,23,24). The summed E-state index contributed by atoms with van der Waals surface area (Å²) >= 11 is 6.28. The van der Waals surface area contributed by atoms with E-state index in [9.17, 15) is 8.42 Å². The molecule has 4 atom stereocenters. The van der Waals surface area contributed by atoms with Gasteiger partial charge in [0.15, 0.2) is 5.82 Å². The van der Waals surface area contributed by atoms with Crippen molar-refractivity contribution in [1.82, 2.24) is 24.5 Å². The highest BCUT2D eigenvalue weighted by atomic mass is 35.5. The fourth-order valence-corrected chi connectivity index (χ4v) is 5.06. The largest absolute Gasteiger partial charge is 0.371 e. The molecule has 0 radical (unpaired) electrons. The molecule has 31 heavy (non-hydrogen) atoms. The SMILES string of the molecule is CC(C)=CS(=O)(=O)NC1COC2C(Nc3nc(Nc4cnn(C)c4)ncc3Cl)COC12. The number of hydrogen-bond acceptors (Lipinski definition) is 9. The molecule has 2 fully saturated rings. The van der Waals surface area contributed by atoms with E-state index < -0.39 is 22.2 Å². The third kappa shape index (κ3) is 5.15. The van der Waals surface area contributed by atoms with Gasteiger partial charge in [0.05, 0.1) is 43.4 Å². The number of halogens is 1. The van der Waals surface area contributed by atoms with Gasteiger partial charge >= 0.3 is 0 Å². The maximum absolute atomic E-state index is 12.2. The van der Waals surface area contributed by atoms with Crippen molar-refractivity contribution in [3.05, 3.63) is 34.6 Å². The molecule has 3 N–H and O–H groups in total. The number of sulfonamides is 1. The Morgan fingerprint density at radius 2 is 1.94 bits per heavy atom. The smallest absolute Gasteiger partial charge is 0.234 e. The molecule has 0 spiro atoms. The third-order valence-electron chi connectivity index (χ3n) is 4.79. The highest BCUT2D eigenvalue weighted by Gasteiger charge is 2.48. The van der Waals surface area contributed by atoms with Gasteiger partial charge in [0.1, 0.15) is 17.2 Å². The minimum atomic E-state index is -3.57. The van der Waals surface area contributed by atoms with E-state index >= 15 is 0 Å². The number of nitrogens with one attached hydrogen (secondary N) is 3. The zero-order valence-electron chi connectivity index (χ0n) is 17.2. The van der Waals surface area contributed by atoms with E-state index in [0.29, 0.717) is 29.0 Å². The molecule has 2 aromatic heterocycles. The van der Waals surface area contributed by atoms with Crippen LogP contribution in [0, 0.1) is 0 Å². The lowest BCUT2D eigenvalue weighted by molar-refractivity contribution is 0.0690. The fourth-order valence-electron chi connectivity index (χ4n) is 3.60. The topological polar surface area (TPSA) is 132 Å². The summed E-state index contributed by atoms with van der Waals surface area (Å²) < 4.78 is 40.5. The highest BCUT2D eigenvalue weighted by molar-refractivity contribution is 7.92. The summed E-state index contributed by atoms with van der Waals surface area (Å²) in [7, 11) is -1.76. The zero-order valence-corrected chi connectivity index (χ0v) is 18.8. The van der Waals surface area contributed by atoms with Crippen molar-refractivity contribution < 1.29 is 17.9 Å². The van der Waals surface area contributed by atoms with Gasteiger partial charge in [0.2, 0.25) is 16.0 Å². The predicted octanol–water partition coefficient (Wildman–Crippen LogP) is 1.40. The van der Waals surface area contributed by atoms with Crippen LogP contribution in [0.15, 0.2) is 29.6 Å². The van der Waals surface area contributed by atoms with Crippen LogP contribution in [-0.2, 0) is 26.5 Å². The molecule has 0 bridgehead atoms. The van der Waals surface area contributed by atoms with Crippen molar-refractivity contribution in [2.45, 2.75) is 38.1 Å². The summed E-state index contributed by atoms with van der Waals surface area (Å²) in [6, 6.07) is -0.720. The number of anilines is 3. The molecule has 2 aromatic rings. The summed E-state index contributed by atoms with van der Waals surface area (Å²) in [6.07, 6.45) is 4.19. The maximum Gasteiger partial charge on any atom is 0.234 e. The lowest BCUT2D eigenvalue weighted by Gasteiger charge is -2.19. The first kappa shape index (κ1) is 22.0. The molecule has 4 rings (SSSR count). The Morgan fingerprint density at radius 3 is 2.61 bits per heavy atom. The first-order valence-electron chi connectivity index (χ1n) is 9.65. The molecule has 2 aliphatic heterocycles. The molecule has 168 valence electrons. The Balaban J connectivity index is 1.43. The number of aromatic nitrogens is 4. The normalized spacial score (nSPS) is 25.3. The van der Waals surface area contributed by atoms with Crippen molar-refractivity contribution in [2.75, 3.05) is 23.8 Å². The Morgan fingerprint density at radius 1 is 1.23 bits per heavy atom. The van der Waals surface area contributed by atoms with Gasteiger partial charge in [-0.3, -0.25) is 4.68 Å². The van der Waals surface area contributed by atoms with Gasteiger partial charge in [-0.15, -0.1) is 0 Å². The van der Waals surface area contributed by atoms with Crippen LogP contribution in [0.1, 0.15) is 13.8 Å². The maximum atomic E-state index is 12.2. The van der Waals surface area contributed by atoms with E-state index in [1.165, 1.54) is 11.6 Å². The minimum Gasteiger partial charge on any atom is -0.371 e. The average molecular weight is 470 g/mol. The number of hydrogen-bond donors (Lipinski definition) is 3. The average Bonchev–Trinajstić information content (AvgIpc) is 3.36. The fraction of sp³-hybridized carbons (Fsp3) is 0.500. The van der Waals surface area contributed by atoms with Crippen LogP contribution in [0.5, 0.6) is 0 Å². The van der Waals surface area contributed by atoms with Crippen LogP contribution < -0.4 is 15.4 Å². The number of rotatable bonds is 7. The second-order valence-corrected chi connectivity index (χ2v) is 9.70. The van der Waals surface area contributed by atoms with Crippen LogP contribution in [0.4, 0.5) is 17.5 Å². The molecule has 0 amide bonds. The summed E-state index contributed by atoms with van der Waals surface area (Å²) in [5.74, 6) is 0.782. The quantitative estimate of drug-likeness (QED) is 0.550. The van der Waals surface area contributed by atoms with E-state index in [2.05, 4.69) is 30.4 Å². The van der Waals surface area contributed by atoms with Crippen LogP contribution in [0.25, 0.3) is 0 Å². The first-order chi connectivity index (χ1) is 14.7. The van der Waals surface area contributed by atoms with Crippen molar-refractivity contribution >= 4 is 39.1 Å². The number of allylic oxidation sites excluding steroid dienone is 1. The Kier molecular flexibility index (Phi) is 6.17. The summed E-state index contributed by atoms with van der Waals surface area (Å²) in [5.41, 5.74) is 1.43. The van der Waals surface area contributed by atoms with Crippen LogP contribution in [0.2, 0.25) is 5.02 Å².